The van der Waals surface area contributed by atoms with Crippen LogP contribution >= 0.6 is 27.5 Å². The predicted octanol–water partition coefficient (Wildman–Crippen LogP) is 4.77. The molecule has 0 spiro atoms. The summed E-state index contributed by atoms with van der Waals surface area (Å²) in [6.45, 7) is 4.05. The Morgan fingerprint density at radius 2 is 2.00 bits per heavy atom. The zero-order valence-corrected chi connectivity index (χ0v) is 13.8. The number of benzene rings is 1. The first-order chi connectivity index (χ1) is 9.49. The van der Waals surface area contributed by atoms with E-state index in [1.54, 1.807) is 13.2 Å². The number of ether oxygens (including phenoxy) is 1. The van der Waals surface area contributed by atoms with E-state index in [0.717, 1.165) is 15.9 Å². The van der Waals surface area contributed by atoms with E-state index in [2.05, 4.69) is 31.2 Å². The van der Waals surface area contributed by atoms with Gasteiger partial charge in [0.2, 0.25) is 0 Å². The van der Waals surface area contributed by atoms with E-state index >= 15 is 0 Å². The number of halogens is 2. The van der Waals surface area contributed by atoms with Crippen LogP contribution in [0.25, 0.3) is 0 Å². The minimum absolute atomic E-state index is 0.211. The van der Waals surface area contributed by atoms with Gasteiger partial charge >= 0.3 is 0 Å². The first kappa shape index (κ1) is 15.1. The molecule has 0 atom stereocenters. The summed E-state index contributed by atoms with van der Waals surface area (Å²) in [6.07, 6.45) is 0. The van der Waals surface area contributed by atoms with E-state index in [9.17, 15) is 0 Å². The molecule has 0 saturated heterocycles. The maximum Gasteiger partial charge on any atom is 0.135 e. The third-order valence-corrected chi connectivity index (χ3v) is 3.55. The Balaban J connectivity index is 2.34. The maximum atomic E-state index is 6.03. The predicted molar refractivity (Wildman–Crippen MR) is 85.1 cm³/mol. The van der Waals surface area contributed by atoms with Crippen LogP contribution in [0.1, 0.15) is 25.6 Å². The highest BCUT2D eigenvalue weighted by Crippen LogP contribution is 2.30. The Kier molecular flexibility index (Phi) is 4.83. The number of hydrogen-bond acceptors (Lipinski definition) is 4. The zero-order chi connectivity index (χ0) is 14.7. The van der Waals surface area contributed by atoms with Gasteiger partial charge in [-0.1, -0.05) is 25.4 Å². The molecule has 106 valence electrons. The lowest BCUT2D eigenvalue weighted by Crippen LogP contribution is -2.02. The van der Waals surface area contributed by atoms with Gasteiger partial charge in [-0.25, -0.2) is 9.97 Å². The fourth-order valence-electron chi connectivity index (χ4n) is 1.62. The van der Waals surface area contributed by atoms with E-state index in [0.29, 0.717) is 16.8 Å². The Bertz CT molecular complexity index is 619. The van der Waals surface area contributed by atoms with Crippen LogP contribution in [0.15, 0.2) is 28.7 Å². The zero-order valence-electron chi connectivity index (χ0n) is 11.4. The molecule has 2 aromatic rings. The summed E-state index contributed by atoms with van der Waals surface area (Å²) in [6, 6.07) is 7.36. The van der Waals surface area contributed by atoms with Gasteiger partial charge in [-0.3, -0.25) is 0 Å². The lowest BCUT2D eigenvalue weighted by molar-refractivity contribution is 0.415. The lowest BCUT2D eigenvalue weighted by Gasteiger charge is -2.12. The number of hydrogen-bond donors (Lipinski definition) is 1. The lowest BCUT2D eigenvalue weighted by atomic mass is 10.2. The Hall–Kier alpha value is -1.33. The van der Waals surface area contributed by atoms with E-state index < -0.39 is 0 Å². The van der Waals surface area contributed by atoms with Crippen LogP contribution in [0, 0.1) is 0 Å². The van der Waals surface area contributed by atoms with Crippen molar-refractivity contribution in [2.45, 2.75) is 19.8 Å². The van der Waals surface area contributed by atoms with Gasteiger partial charge in [0.05, 0.1) is 12.8 Å². The monoisotopic (exact) mass is 355 g/mol. The molecule has 1 aromatic carbocycles. The second kappa shape index (κ2) is 6.41. The molecule has 6 heteroatoms. The smallest absolute Gasteiger partial charge is 0.135 e. The third kappa shape index (κ3) is 3.61. The van der Waals surface area contributed by atoms with Crippen molar-refractivity contribution in [1.82, 2.24) is 9.97 Å². The summed E-state index contributed by atoms with van der Waals surface area (Å²) >= 11 is 9.52. The van der Waals surface area contributed by atoms with Gasteiger partial charge in [0.1, 0.15) is 22.5 Å². The summed E-state index contributed by atoms with van der Waals surface area (Å²) in [7, 11) is 1.63. The van der Waals surface area contributed by atoms with Crippen LogP contribution < -0.4 is 10.1 Å². The van der Waals surface area contributed by atoms with E-state index in [4.69, 9.17) is 16.3 Å². The van der Waals surface area contributed by atoms with Crippen molar-refractivity contribution >= 4 is 39.0 Å². The molecule has 0 bridgehead atoms. The Morgan fingerprint density at radius 3 is 2.65 bits per heavy atom. The fourth-order valence-corrected chi connectivity index (χ4v) is 2.16. The normalized spacial score (nSPS) is 10.7. The summed E-state index contributed by atoms with van der Waals surface area (Å²) in [4.78, 5) is 8.67. The largest absolute Gasteiger partial charge is 0.497 e. The molecule has 0 fully saturated rings. The van der Waals surface area contributed by atoms with Crippen LogP contribution in [-0.4, -0.2) is 17.1 Å². The number of anilines is 2. The number of nitrogens with zero attached hydrogens (tertiary/aromatic N) is 2. The number of nitrogens with one attached hydrogen (secondary N) is 1. The fraction of sp³-hybridized carbons (Fsp3) is 0.286. The van der Waals surface area contributed by atoms with Gasteiger partial charge < -0.3 is 10.1 Å². The van der Waals surface area contributed by atoms with Crippen LogP contribution in [0.3, 0.4) is 0 Å². The summed E-state index contributed by atoms with van der Waals surface area (Å²) in [5.74, 6) is 2.34. The van der Waals surface area contributed by atoms with Crippen LogP contribution in [0.5, 0.6) is 5.75 Å². The Morgan fingerprint density at radius 1 is 1.25 bits per heavy atom. The van der Waals surface area contributed by atoms with Gasteiger partial charge in [-0.2, -0.15) is 0 Å². The number of methoxy groups -OCH3 is 1. The topological polar surface area (TPSA) is 47.0 Å². The minimum Gasteiger partial charge on any atom is -0.497 e. The van der Waals surface area contributed by atoms with Gasteiger partial charge in [-0.05, 0) is 28.1 Å². The standard InChI is InChI=1S/C14H15BrClN3O/c1-8(2)14-18-12(16)7-13(19-14)17-11-6-9(20-3)4-5-10(11)15/h4-8H,1-3H3,(H,17,18,19). The van der Waals surface area contributed by atoms with Crippen molar-refractivity contribution in [3.05, 3.63) is 39.7 Å². The molecule has 0 amide bonds. The highest BCUT2D eigenvalue weighted by Gasteiger charge is 2.09. The SMILES string of the molecule is COc1ccc(Br)c(Nc2cc(Cl)nc(C(C)C)n2)c1. The van der Waals surface area contributed by atoms with Crippen molar-refractivity contribution < 1.29 is 4.74 Å². The molecule has 1 heterocycles. The molecular weight excluding hydrogens is 342 g/mol. The molecule has 20 heavy (non-hydrogen) atoms. The molecule has 0 aliphatic heterocycles. The quantitative estimate of drug-likeness (QED) is 0.802. The van der Waals surface area contributed by atoms with Crippen molar-refractivity contribution in [3.8, 4) is 5.75 Å². The molecule has 1 N–H and O–H groups in total. The first-order valence-corrected chi connectivity index (χ1v) is 7.31. The second-order valence-corrected chi connectivity index (χ2v) is 5.80. The molecule has 1 aromatic heterocycles. The molecule has 4 nitrogen and oxygen atoms in total. The number of aromatic nitrogens is 2. The van der Waals surface area contributed by atoms with E-state index in [1.807, 2.05) is 32.0 Å². The first-order valence-electron chi connectivity index (χ1n) is 6.14. The molecular formula is C14H15BrClN3O. The van der Waals surface area contributed by atoms with E-state index in [1.165, 1.54) is 0 Å². The highest BCUT2D eigenvalue weighted by molar-refractivity contribution is 9.10. The van der Waals surface area contributed by atoms with Crippen LogP contribution in [-0.2, 0) is 0 Å². The van der Waals surface area contributed by atoms with Gasteiger partial charge in [0.15, 0.2) is 0 Å². The van der Waals surface area contributed by atoms with Gasteiger partial charge in [-0.15, -0.1) is 0 Å². The molecule has 2 rings (SSSR count). The average molecular weight is 357 g/mol. The van der Waals surface area contributed by atoms with Crippen molar-refractivity contribution in [2.75, 3.05) is 12.4 Å². The maximum absolute atomic E-state index is 6.03. The van der Waals surface area contributed by atoms with Gasteiger partial charge in [0.25, 0.3) is 0 Å². The van der Waals surface area contributed by atoms with Crippen LogP contribution in [0.2, 0.25) is 5.15 Å². The second-order valence-electron chi connectivity index (χ2n) is 4.56. The van der Waals surface area contributed by atoms with Crippen molar-refractivity contribution in [1.29, 1.82) is 0 Å². The summed E-state index contributed by atoms with van der Waals surface area (Å²) in [5, 5.41) is 3.64. The van der Waals surface area contributed by atoms with Gasteiger partial charge in [0, 0.05) is 22.5 Å². The van der Waals surface area contributed by atoms with Crippen molar-refractivity contribution in [2.24, 2.45) is 0 Å². The molecule has 0 aliphatic carbocycles. The molecule has 0 unspecified atom stereocenters. The van der Waals surface area contributed by atoms with Crippen molar-refractivity contribution in [3.63, 3.8) is 0 Å². The van der Waals surface area contributed by atoms with Crippen LogP contribution in [0.4, 0.5) is 11.5 Å². The van der Waals surface area contributed by atoms with E-state index in [-0.39, 0.29) is 5.92 Å². The molecule has 0 saturated carbocycles. The average Bonchev–Trinajstić information content (AvgIpc) is 2.40. The third-order valence-electron chi connectivity index (χ3n) is 2.66. The Labute approximate surface area is 131 Å². The minimum atomic E-state index is 0.211. The highest BCUT2D eigenvalue weighted by atomic mass is 79.9. The number of rotatable bonds is 4. The summed E-state index contributed by atoms with van der Waals surface area (Å²) < 4.78 is 6.13. The summed E-state index contributed by atoms with van der Waals surface area (Å²) in [5.41, 5.74) is 0.855. The molecule has 0 radical (unpaired) electrons. The molecule has 0 aliphatic rings.